The number of anilines is 1. The Bertz CT molecular complexity index is 743. The van der Waals surface area contributed by atoms with Gasteiger partial charge in [0, 0.05) is 37.7 Å². The van der Waals surface area contributed by atoms with Gasteiger partial charge in [0.1, 0.15) is 0 Å². The Morgan fingerprint density at radius 2 is 1.92 bits per heavy atom. The number of ether oxygens (including phenoxy) is 1. The molecule has 0 saturated carbocycles. The van der Waals surface area contributed by atoms with Gasteiger partial charge in [-0.1, -0.05) is 12.1 Å². The van der Waals surface area contributed by atoms with E-state index in [1.54, 1.807) is 0 Å². The largest absolute Gasteiger partial charge is 0.378 e. The van der Waals surface area contributed by atoms with Crippen molar-refractivity contribution in [1.29, 1.82) is 0 Å². The standard InChI is InChI=1S/C19H24N4O2/c1-15(20-21-19(24)14-18-4-3-9-22(18)2)16-5-7-17(8-6-16)23-10-12-25-13-11-23/h3-9H,10-14H2,1-2H3,(H,21,24)/b20-15+. The van der Waals surface area contributed by atoms with Crippen molar-refractivity contribution in [3.63, 3.8) is 0 Å². The minimum atomic E-state index is -0.119. The topological polar surface area (TPSA) is 58.9 Å². The number of benzene rings is 1. The molecule has 1 saturated heterocycles. The van der Waals surface area contributed by atoms with Crippen molar-refractivity contribution in [3.05, 3.63) is 53.9 Å². The van der Waals surface area contributed by atoms with Crippen molar-refractivity contribution in [2.45, 2.75) is 13.3 Å². The molecule has 1 amide bonds. The highest BCUT2D eigenvalue weighted by molar-refractivity contribution is 5.99. The first-order valence-electron chi connectivity index (χ1n) is 8.50. The number of nitrogens with zero attached hydrogens (tertiary/aromatic N) is 3. The minimum Gasteiger partial charge on any atom is -0.378 e. The molecule has 2 aromatic rings. The summed E-state index contributed by atoms with van der Waals surface area (Å²) in [4.78, 5) is 14.3. The molecule has 0 aliphatic carbocycles. The highest BCUT2D eigenvalue weighted by atomic mass is 16.5. The summed E-state index contributed by atoms with van der Waals surface area (Å²) in [5, 5.41) is 4.22. The Morgan fingerprint density at radius 1 is 1.20 bits per heavy atom. The monoisotopic (exact) mass is 340 g/mol. The molecule has 132 valence electrons. The van der Waals surface area contributed by atoms with E-state index in [-0.39, 0.29) is 5.91 Å². The van der Waals surface area contributed by atoms with Gasteiger partial charge in [-0.25, -0.2) is 5.43 Å². The van der Waals surface area contributed by atoms with Gasteiger partial charge in [0.25, 0.3) is 0 Å². The van der Waals surface area contributed by atoms with Crippen molar-refractivity contribution >= 4 is 17.3 Å². The Labute approximate surface area is 148 Å². The zero-order valence-corrected chi connectivity index (χ0v) is 14.7. The van der Waals surface area contributed by atoms with Gasteiger partial charge in [0.15, 0.2) is 0 Å². The first kappa shape index (κ1) is 17.2. The second-order valence-corrected chi connectivity index (χ2v) is 6.17. The highest BCUT2D eigenvalue weighted by Gasteiger charge is 2.11. The summed E-state index contributed by atoms with van der Waals surface area (Å²) >= 11 is 0. The molecule has 1 fully saturated rings. The van der Waals surface area contributed by atoms with Gasteiger partial charge in [-0.2, -0.15) is 5.10 Å². The lowest BCUT2D eigenvalue weighted by Crippen LogP contribution is -2.36. The molecule has 6 nitrogen and oxygen atoms in total. The van der Waals surface area contributed by atoms with Gasteiger partial charge >= 0.3 is 0 Å². The van der Waals surface area contributed by atoms with Gasteiger partial charge in [-0.15, -0.1) is 0 Å². The number of amides is 1. The number of carbonyl (C=O) groups is 1. The van der Waals surface area contributed by atoms with Crippen molar-refractivity contribution < 1.29 is 9.53 Å². The fourth-order valence-electron chi connectivity index (χ4n) is 2.83. The lowest BCUT2D eigenvalue weighted by molar-refractivity contribution is -0.120. The molecule has 1 aliphatic heterocycles. The van der Waals surface area contributed by atoms with E-state index in [0.717, 1.165) is 43.3 Å². The maximum Gasteiger partial charge on any atom is 0.246 e. The van der Waals surface area contributed by atoms with Crippen molar-refractivity contribution in [3.8, 4) is 0 Å². The molecule has 3 rings (SSSR count). The number of nitrogens with one attached hydrogen (secondary N) is 1. The van der Waals surface area contributed by atoms with Crippen LogP contribution in [0.15, 0.2) is 47.7 Å². The Balaban J connectivity index is 1.58. The van der Waals surface area contributed by atoms with E-state index in [9.17, 15) is 4.79 Å². The van der Waals surface area contributed by atoms with Crippen LogP contribution in [0.4, 0.5) is 5.69 Å². The average molecular weight is 340 g/mol. The van der Waals surface area contributed by atoms with Crippen LogP contribution < -0.4 is 10.3 Å². The van der Waals surface area contributed by atoms with Crippen LogP contribution in [0.1, 0.15) is 18.2 Å². The van der Waals surface area contributed by atoms with Gasteiger partial charge in [0.2, 0.25) is 5.91 Å². The molecule has 1 N–H and O–H groups in total. The summed E-state index contributed by atoms with van der Waals surface area (Å²) in [6, 6.07) is 12.1. The Kier molecular flexibility index (Phi) is 5.50. The van der Waals surface area contributed by atoms with Crippen molar-refractivity contribution in [2.24, 2.45) is 12.1 Å². The third-order valence-corrected chi connectivity index (χ3v) is 4.40. The molecule has 1 aromatic heterocycles. The first-order chi connectivity index (χ1) is 12.1. The molecule has 0 radical (unpaired) electrons. The van der Waals surface area contributed by atoms with Crippen LogP contribution in [0.5, 0.6) is 0 Å². The lowest BCUT2D eigenvalue weighted by atomic mass is 10.1. The average Bonchev–Trinajstić information content (AvgIpc) is 3.05. The van der Waals surface area contributed by atoms with Crippen LogP contribution in [0.2, 0.25) is 0 Å². The van der Waals surface area contributed by atoms with Gasteiger partial charge in [0.05, 0.1) is 25.3 Å². The molecular formula is C19H24N4O2. The Hall–Kier alpha value is -2.60. The second-order valence-electron chi connectivity index (χ2n) is 6.17. The third kappa shape index (κ3) is 4.48. The van der Waals surface area contributed by atoms with Gasteiger partial charge in [-0.3, -0.25) is 4.79 Å². The minimum absolute atomic E-state index is 0.119. The van der Waals surface area contributed by atoms with Gasteiger partial charge < -0.3 is 14.2 Å². The summed E-state index contributed by atoms with van der Waals surface area (Å²) in [5.41, 5.74) is 6.56. The van der Waals surface area contributed by atoms with Crippen LogP contribution in [-0.4, -0.2) is 42.5 Å². The van der Waals surface area contributed by atoms with Crippen LogP contribution in [0, 0.1) is 0 Å². The van der Waals surface area contributed by atoms with Crippen LogP contribution in [0.25, 0.3) is 0 Å². The zero-order valence-electron chi connectivity index (χ0n) is 14.7. The molecule has 0 unspecified atom stereocenters. The maximum atomic E-state index is 12.0. The number of hydrogen-bond donors (Lipinski definition) is 1. The highest BCUT2D eigenvalue weighted by Crippen LogP contribution is 2.17. The molecule has 1 aromatic carbocycles. The fourth-order valence-corrected chi connectivity index (χ4v) is 2.83. The number of morpholine rings is 1. The zero-order chi connectivity index (χ0) is 17.6. The smallest absolute Gasteiger partial charge is 0.246 e. The molecule has 2 heterocycles. The van der Waals surface area contributed by atoms with E-state index >= 15 is 0 Å². The molecule has 0 spiro atoms. The van der Waals surface area contributed by atoms with E-state index in [1.165, 1.54) is 5.69 Å². The summed E-state index contributed by atoms with van der Waals surface area (Å²) in [6.45, 7) is 5.28. The quantitative estimate of drug-likeness (QED) is 0.668. The predicted octanol–water partition coefficient (Wildman–Crippen LogP) is 1.94. The number of hydrazone groups is 1. The molecule has 6 heteroatoms. The van der Waals surface area contributed by atoms with Crippen molar-refractivity contribution in [1.82, 2.24) is 9.99 Å². The number of aryl methyl sites for hydroxylation is 1. The normalized spacial score (nSPS) is 15.3. The third-order valence-electron chi connectivity index (χ3n) is 4.40. The summed E-state index contributed by atoms with van der Waals surface area (Å²) < 4.78 is 7.31. The van der Waals surface area contributed by atoms with Crippen LogP contribution in [-0.2, 0) is 23.0 Å². The number of hydrogen-bond acceptors (Lipinski definition) is 4. The maximum absolute atomic E-state index is 12.0. The van der Waals surface area contributed by atoms with Crippen molar-refractivity contribution in [2.75, 3.05) is 31.2 Å². The van der Waals surface area contributed by atoms with Crippen LogP contribution >= 0.6 is 0 Å². The van der Waals surface area contributed by atoms with E-state index in [1.807, 2.05) is 49.0 Å². The number of carbonyl (C=O) groups excluding carboxylic acids is 1. The fraction of sp³-hybridized carbons (Fsp3) is 0.368. The molecule has 0 atom stereocenters. The van der Waals surface area contributed by atoms with Crippen LogP contribution in [0.3, 0.4) is 0 Å². The van der Waals surface area contributed by atoms with E-state index < -0.39 is 0 Å². The number of rotatable bonds is 5. The van der Waals surface area contributed by atoms with E-state index in [4.69, 9.17) is 4.74 Å². The summed E-state index contributed by atoms with van der Waals surface area (Å²) in [6.07, 6.45) is 2.24. The second kappa shape index (κ2) is 7.98. The molecule has 0 bridgehead atoms. The summed E-state index contributed by atoms with van der Waals surface area (Å²) in [5.74, 6) is -0.119. The molecule has 1 aliphatic rings. The van der Waals surface area contributed by atoms with Gasteiger partial charge in [-0.05, 0) is 36.8 Å². The number of aromatic nitrogens is 1. The van der Waals surface area contributed by atoms with E-state index in [0.29, 0.717) is 6.42 Å². The SMILES string of the molecule is C/C(=N\NC(=O)Cc1cccn1C)c1ccc(N2CCOCC2)cc1. The predicted molar refractivity (Wildman–Crippen MR) is 98.9 cm³/mol. The summed E-state index contributed by atoms with van der Waals surface area (Å²) in [7, 11) is 1.92. The molecule has 25 heavy (non-hydrogen) atoms. The lowest BCUT2D eigenvalue weighted by Gasteiger charge is -2.28. The Morgan fingerprint density at radius 3 is 2.56 bits per heavy atom. The molecular weight excluding hydrogens is 316 g/mol. The van der Waals surface area contributed by atoms with E-state index in [2.05, 4.69) is 27.6 Å². The first-order valence-corrected chi connectivity index (χ1v) is 8.50.